The van der Waals surface area contributed by atoms with Gasteiger partial charge in [-0.25, -0.2) is 0 Å². The molecule has 1 amide bonds. The summed E-state index contributed by atoms with van der Waals surface area (Å²) in [6.07, 6.45) is 0. The molecule has 0 heterocycles. The molecule has 104 valence electrons. The van der Waals surface area contributed by atoms with Crippen molar-refractivity contribution in [2.75, 3.05) is 12.4 Å². The van der Waals surface area contributed by atoms with Crippen LogP contribution < -0.4 is 10.1 Å². The lowest BCUT2D eigenvalue weighted by atomic mass is 10.1. The van der Waals surface area contributed by atoms with Crippen molar-refractivity contribution in [2.24, 2.45) is 0 Å². The van der Waals surface area contributed by atoms with Gasteiger partial charge in [0.1, 0.15) is 11.5 Å². The van der Waals surface area contributed by atoms with Gasteiger partial charge >= 0.3 is 0 Å². The van der Waals surface area contributed by atoms with Crippen LogP contribution in [-0.2, 0) is 0 Å². The third kappa shape index (κ3) is 3.03. The van der Waals surface area contributed by atoms with Crippen molar-refractivity contribution in [3.05, 3.63) is 52.5 Å². The highest BCUT2D eigenvalue weighted by molar-refractivity contribution is 6.34. The number of phenols is 1. The second-order valence-electron chi connectivity index (χ2n) is 4.30. The second kappa shape index (κ2) is 5.84. The number of amides is 1. The van der Waals surface area contributed by atoms with Crippen LogP contribution in [0.2, 0.25) is 5.02 Å². The number of anilines is 1. The van der Waals surface area contributed by atoms with Crippen molar-refractivity contribution in [1.82, 2.24) is 0 Å². The normalized spacial score (nSPS) is 10.2. The fraction of sp³-hybridized carbons (Fsp3) is 0.133. The minimum absolute atomic E-state index is 0.0781. The second-order valence-corrected chi connectivity index (χ2v) is 4.71. The minimum Gasteiger partial charge on any atom is -0.508 e. The number of carbonyl (C=O) groups excluding carboxylic acids is 1. The van der Waals surface area contributed by atoms with Crippen LogP contribution in [-0.4, -0.2) is 18.1 Å². The van der Waals surface area contributed by atoms with Gasteiger partial charge in [-0.05, 0) is 36.8 Å². The Kier molecular flexibility index (Phi) is 4.15. The number of carbonyl (C=O) groups is 1. The first-order valence-electron chi connectivity index (χ1n) is 5.96. The molecule has 20 heavy (non-hydrogen) atoms. The minimum atomic E-state index is -0.351. The molecular formula is C15H14ClNO3. The van der Waals surface area contributed by atoms with Crippen molar-refractivity contribution < 1.29 is 14.6 Å². The average molecular weight is 292 g/mol. The standard InChI is InChI=1S/C15H14ClNO3/c1-9-3-4-10(7-14(9)18)15(19)17-13-8-11(20-2)5-6-12(13)16/h3-8,18H,1-2H3,(H,17,19). The number of phenolic OH excluding ortho intramolecular Hbond substituents is 1. The van der Waals surface area contributed by atoms with E-state index < -0.39 is 0 Å². The van der Waals surface area contributed by atoms with Crippen molar-refractivity contribution >= 4 is 23.2 Å². The molecule has 0 aliphatic heterocycles. The van der Waals surface area contributed by atoms with Crippen LogP contribution in [0.3, 0.4) is 0 Å². The summed E-state index contributed by atoms with van der Waals surface area (Å²) < 4.78 is 5.08. The molecule has 0 saturated heterocycles. The molecular weight excluding hydrogens is 278 g/mol. The Hall–Kier alpha value is -2.20. The van der Waals surface area contributed by atoms with E-state index in [9.17, 15) is 9.90 Å². The summed E-state index contributed by atoms with van der Waals surface area (Å²) in [6, 6.07) is 9.71. The van der Waals surface area contributed by atoms with E-state index in [1.807, 2.05) is 0 Å². The van der Waals surface area contributed by atoms with Crippen molar-refractivity contribution in [3.8, 4) is 11.5 Å². The quantitative estimate of drug-likeness (QED) is 0.908. The first-order chi connectivity index (χ1) is 9.51. The summed E-state index contributed by atoms with van der Waals surface area (Å²) in [5.41, 5.74) is 1.52. The Morgan fingerprint density at radius 1 is 1.25 bits per heavy atom. The Labute approximate surface area is 122 Å². The highest BCUT2D eigenvalue weighted by atomic mass is 35.5. The molecule has 4 nitrogen and oxygen atoms in total. The van der Waals surface area contributed by atoms with Crippen molar-refractivity contribution in [2.45, 2.75) is 6.92 Å². The third-order valence-electron chi connectivity index (χ3n) is 2.89. The number of halogens is 1. The number of aromatic hydroxyl groups is 1. The van der Waals surface area contributed by atoms with Crippen LogP contribution in [0.1, 0.15) is 15.9 Å². The molecule has 0 aliphatic carbocycles. The zero-order valence-electron chi connectivity index (χ0n) is 11.1. The first-order valence-corrected chi connectivity index (χ1v) is 6.33. The molecule has 0 saturated carbocycles. The number of methoxy groups -OCH3 is 1. The van der Waals surface area contributed by atoms with Gasteiger partial charge in [0.2, 0.25) is 0 Å². The average Bonchev–Trinajstić information content (AvgIpc) is 2.44. The molecule has 0 aromatic heterocycles. The molecule has 2 aromatic carbocycles. The highest BCUT2D eigenvalue weighted by Crippen LogP contribution is 2.27. The molecule has 2 aromatic rings. The number of nitrogens with one attached hydrogen (secondary N) is 1. The lowest BCUT2D eigenvalue weighted by Crippen LogP contribution is -2.12. The summed E-state index contributed by atoms with van der Waals surface area (Å²) >= 11 is 6.02. The molecule has 0 atom stereocenters. The van der Waals surface area contributed by atoms with Crippen molar-refractivity contribution in [3.63, 3.8) is 0 Å². The molecule has 0 radical (unpaired) electrons. The van der Waals surface area contributed by atoms with Crippen LogP contribution in [0.4, 0.5) is 5.69 Å². The highest BCUT2D eigenvalue weighted by Gasteiger charge is 2.11. The number of aryl methyl sites for hydroxylation is 1. The van der Waals surface area contributed by atoms with Crippen LogP contribution >= 0.6 is 11.6 Å². The zero-order chi connectivity index (χ0) is 14.7. The molecule has 0 bridgehead atoms. The van der Waals surface area contributed by atoms with Gasteiger partial charge in [0.05, 0.1) is 17.8 Å². The van der Waals surface area contributed by atoms with Gasteiger partial charge in [-0.3, -0.25) is 4.79 Å². The maximum Gasteiger partial charge on any atom is 0.255 e. The van der Waals surface area contributed by atoms with Gasteiger partial charge in [-0.2, -0.15) is 0 Å². The largest absolute Gasteiger partial charge is 0.508 e. The van der Waals surface area contributed by atoms with E-state index in [2.05, 4.69) is 5.32 Å². The Morgan fingerprint density at radius 2 is 2.00 bits per heavy atom. The van der Waals surface area contributed by atoms with E-state index >= 15 is 0 Å². The molecule has 0 spiro atoms. The van der Waals surface area contributed by atoms with Crippen LogP contribution in [0, 0.1) is 6.92 Å². The smallest absolute Gasteiger partial charge is 0.255 e. The van der Waals surface area contributed by atoms with E-state index in [0.717, 1.165) is 0 Å². The summed E-state index contributed by atoms with van der Waals surface area (Å²) in [5.74, 6) is 0.321. The number of ether oxygens (including phenoxy) is 1. The Balaban J connectivity index is 2.25. The van der Waals surface area contributed by atoms with Gasteiger partial charge in [0, 0.05) is 11.6 Å². The summed E-state index contributed by atoms with van der Waals surface area (Å²) in [6.45, 7) is 1.76. The first kappa shape index (κ1) is 14.2. The van der Waals surface area contributed by atoms with E-state index in [4.69, 9.17) is 16.3 Å². The predicted octanol–water partition coefficient (Wildman–Crippen LogP) is 3.61. The SMILES string of the molecule is COc1ccc(Cl)c(NC(=O)c2ccc(C)c(O)c2)c1. The summed E-state index contributed by atoms with van der Waals surface area (Å²) in [7, 11) is 1.53. The number of benzene rings is 2. The van der Waals surface area contributed by atoms with Gasteiger partial charge in [-0.1, -0.05) is 17.7 Å². The summed E-state index contributed by atoms with van der Waals surface area (Å²) in [4.78, 5) is 12.1. The number of hydrogen-bond acceptors (Lipinski definition) is 3. The van der Waals surface area contributed by atoms with E-state index in [0.29, 0.717) is 27.6 Å². The molecule has 5 heteroatoms. The lowest BCUT2D eigenvalue weighted by Gasteiger charge is -2.09. The lowest BCUT2D eigenvalue weighted by molar-refractivity contribution is 0.102. The summed E-state index contributed by atoms with van der Waals surface area (Å²) in [5, 5.41) is 12.7. The van der Waals surface area contributed by atoms with E-state index in [-0.39, 0.29) is 11.7 Å². The van der Waals surface area contributed by atoms with Crippen LogP contribution in [0.25, 0.3) is 0 Å². The van der Waals surface area contributed by atoms with Gasteiger partial charge < -0.3 is 15.2 Å². The van der Waals surface area contributed by atoms with Gasteiger partial charge in [0.15, 0.2) is 0 Å². The van der Waals surface area contributed by atoms with E-state index in [1.165, 1.54) is 13.2 Å². The zero-order valence-corrected chi connectivity index (χ0v) is 11.9. The van der Waals surface area contributed by atoms with E-state index in [1.54, 1.807) is 37.3 Å². The van der Waals surface area contributed by atoms with Crippen molar-refractivity contribution in [1.29, 1.82) is 0 Å². The maximum atomic E-state index is 12.1. The molecule has 0 unspecified atom stereocenters. The maximum absolute atomic E-state index is 12.1. The van der Waals surface area contributed by atoms with Gasteiger partial charge in [-0.15, -0.1) is 0 Å². The molecule has 2 rings (SSSR count). The van der Waals surface area contributed by atoms with Crippen LogP contribution in [0.5, 0.6) is 11.5 Å². The fourth-order valence-electron chi connectivity index (χ4n) is 1.67. The number of hydrogen-bond donors (Lipinski definition) is 2. The molecule has 0 aliphatic rings. The predicted molar refractivity (Wildman–Crippen MR) is 78.8 cm³/mol. The Morgan fingerprint density at radius 3 is 2.65 bits per heavy atom. The van der Waals surface area contributed by atoms with Gasteiger partial charge in [0.25, 0.3) is 5.91 Å². The topological polar surface area (TPSA) is 58.6 Å². The fourth-order valence-corrected chi connectivity index (χ4v) is 1.84. The molecule has 2 N–H and O–H groups in total. The van der Waals surface area contributed by atoms with Crippen LogP contribution in [0.15, 0.2) is 36.4 Å². The Bertz CT molecular complexity index is 656. The number of rotatable bonds is 3. The monoisotopic (exact) mass is 291 g/mol. The molecule has 0 fully saturated rings. The third-order valence-corrected chi connectivity index (χ3v) is 3.22.